The number of alkyl halides is 3. The summed E-state index contributed by atoms with van der Waals surface area (Å²) in [6.07, 6.45) is -3.60. The van der Waals surface area contributed by atoms with Gasteiger partial charge in [-0.2, -0.15) is 0 Å². The molecule has 3 rings (SSSR count). The van der Waals surface area contributed by atoms with Gasteiger partial charge in [0.25, 0.3) is 0 Å². The van der Waals surface area contributed by atoms with Crippen LogP contribution in [0.2, 0.25) is 0 Å². The van der Waals surface area contributed by atoms with Gasteiger partial charge in [-0.25, -0.2) is 9.78 Å². The van der Waals surface area contributed by atoms with E-state index < -0.39 is 12.3 Å². The van der Waals surface area contributed by atoms with Gasteiger partial charge in [0.05, 0.1) is 0 Å². The number of rotatable bonds is 9. The Morgan fingerprint density at radius 2 is 2.10 bits per heavy atom. The van der Waals surface area contributed by atoms with E-state index in [1.54, 1.807) is 4.90 Å². The minimum absolute atomic E-state index is 0.00785. The maximum absolute atomic E-state index is 12.2. The summed E-state index contributed by atoms with van der Waals surface area (Å²) in [5.74, 6) is -0.743. The number of carbonyl (C=O) groups excluding carboxylic acids is 1. The zero-order valence-electron chi connectivity index (χ0n) is 15.5. The Morgan fingerprint density at radius 3 is 2.73 bits per heavy atom. The molecule has 7 nitrogen and oxygen atoms in total. The summed E-state index contributed by atoms with van der Waals surface area (Å²) in [6, 6.07) is 5.39. The number of aromatic carboxylic acids is 1. The highest BCUT2D eigenvalue weighted by Gasteiger charge is 2.31. The smallest absolute Gasteiger partial charge is 0.476 e. The van der Waals surface area contributed by atoms with Crippen molar-refractivity contribution in [2.75, 3.05) is 24.2 Å². The summed E-state index contributed by atoms with van der Waals surface area (Å²) in [6.45, 7) is 0.965. The number of thioether (sulfide) groups is 1. The molecule has 162 valence electrons. The molecule has 1 amide bonds. The van der Waals surface area contributed by atoms with Crippen molar-refractivity contribution in [3.05, 3.63) is 35.3 Å². The Kier molecular flexibility index (Phi) is 7.08. The lowest BCUT2D eigenvalue weighted by Gasteiger charge is -2.25. The van der Waals surface area contributed by atoms with Crippen molar-refractivity contribution in [2.24, 2.45) is 0 Å². The zero-order chi connectivity index (χ0) is 21.7. The van der Waals surface area contributed by atoms with Gasteiger partial charge in [-0.1, -0.05) is 11.8 Å². The summed E-state index contributed by atoms with van der Waals surface area (Å²) < 4.78 is 41.1. The third-order valence-electron chi connectivity index (χ3n) is 4.34. The highest BCUT2D eigenvalue weighted by atomic mass is 32.2. The lowest BCUT2D eigenvalue weighted by Crippen LogP contribution is -2.39. The Hall–Kier alpha value is -2.47. The fourth-order valence-electron chi connectivity index (χ4n) is 2.98. The van der Waals surface area contributed by atoms with Crippen molar-refractivity contribution >= 4 is 40.7 Å². The number of nitrogens with one attached hydrogen (secondary N) is 1. The second kappa shape index (κ2) is 9.56. The van der Waals surface area contributed by atoms with Crippen molar-refractivity contribution in [1.82, 2.24) is 9.88 Å². The number of amides is 1. The second-order valence-corrected chi connectivity index (χ2v) is 8.59. The van der Waals surface area contributed by atoms with Crippen LogP contribution in [-0.2, 0) is 4.79 Å². The topological polar surface area (TPSA) is 91.8 Å². The number of aromatic nitrogens is 1. The highest BCUT2D eigenvalue weighted by Crippen LogP contribution is 2.26. The molecule has 2 heterocycles. The van der Waals surface area contributed by atoms with Gasteiger partial charge in [0.1, 0.15) is 5.75 Å². The van der Waals surface area contributed by atoms with E-state index in [-0.39, 0.29) is 23.4 Å². The number of likely N-dealkylation sites (tertiary alicyclic amines) is 1. The molecule has 30 heavy (non-hydrogen) atoms. The molecule has 1 aromatic heterocycles. The average molecular weight is 461 g/mol. The lowest BCUT2D eigenvalue weighted by atomic mass is 10.2. The molecule has 1 aromatic carbocycles. The first kappa shape index (κ1) is 22.2. The number of nitrogens with zero attached hydrogens (tertiary/aromatic N) is 2. The Labute approximate surface area is 178 Å². The summed E-state index contributed by atoms with van der Waals surface area (Å²) in [5.41, 5.74) is 0.635. The van der Waals surface area contributed by atoms with Crippen LogP contribution in [0.25, 0.3) is 0 Å². The van der Waals surface area contributed by atoms with Crippen molar-refractivity contribution < 1.29 is 32.6 Å². The van der Waals surface area contributed by atoms with Gasteiger partial charge in [-0.05, 0) is 30.7 Å². The van der Waals surface area contributed by atoms with Crippen LogP contribution in [-0.4, -0.2) is 58.1 Å². The number of halogens is 3. The van der Waals surface area contributed by atoms with E-state index in [9.17, 15) is 22.8 Å². The van der Waals surface area contributed by atoms with Gasteiger partial charge in [0, 0.05) is 42.4 Å². The fraction of sp³-hybridized carbons (Fsp3) is 0.389. The van der Waals surface area contributed by atoms with Crippen molar-refractivity contribution in [1.29, 1.82) is 0 Å². The molecule has 0 bridgehead atoms. The van der Waals surface area contributed by atoms with Crippen LogP contribution in [0.3, 0.4) is 0 Å². The maximum atomic E-state index is 12.2. The van der Waals surface area contributed by atoms with Gasteiger partial charge in [-0.15, -0.1) is 24.5 Å². The number of carboxylic acids is 1. The number of anilines is 1. The fourth-order valence-corrected chi connectivity index (χ4v) is 4.78. The second-order valence-electron chi connectivity index (χ2n) is 6.38. The average Bonchev–Trinajstić information content (AvgIpc) is 3.28. The summed E-state index contributed by atoms with van der Waals surface area (Å²) in [7, 11) is 0. The quantitative estimate of drug-likeness (QED) is 0.547. The molecule has 0 aliphatic carbocycles. The molecule has 0 radical (unpaired) electrons. The Morgan fingerprint density at radius 1 is 1.37 bits per heavy atom. The third-order valence-corrected chi connectivity index (χ3v) is 6.34. The molecule has 0 spiro atoms. The van der Waals surface area contributed by atoms with Crippen LogP contribution in [0.5, 0.6) is 5.75 Å². The van der Waals surface area contributed by atoms with Gasteiger partial charge < -0.3 is 20.1 Å². The molecule has 1 fully saturated rings. The van der Waals surface area contributed by atoms with Crippen molar-refractivity contribution in [3.8, 4) is 5.75 Å². The van der Waals surface area contributed by atoms with Crippen LogP contribution in [0.4, 0.5) is 18.9 Å². The molecule has 1 aliphatic rings. The van der Waals surface area contributed by atoms with E-state index in [1.807, 2.05) is 0 Å². The van der Waals surface area contributed by atoms with E-state index in [0.29, 0.717) is 41.7 Å². The van der Waals surface area contributed by atoms with Crippen molar-refractivity contribution in [2.45, 2.75) is 29.6 Å². The Balaban J connectivity index is 1.48. The molecule has 0 saturated carbocycles. The standard InChI is InChI=1S/C18H18F3N3O4S2/c19-18(20,21)28-13-4-1-11(2-5-13)22-9-12-3-6-15(25)24(12)7-8-29-17-23-14(10-30-17)16(26)27/h1-2,4-5,10,12,22H,3,6-9H2,(H,26,27)/t12-/m1/s1. The first-order chi connectivity index (χ1) is 14.2. The highest BCUT2D eigenvalue weighted by molar-refractivity contribution is 8.01. The van der Waals surface area contributed by atoms with Gasteiger partial charge in [0.15, 0.2) is 10.0 Å². The van der Waals surface area contributed by atoms with Crippen LogP contribution in [0, 0.1) is 0 Å². The zero-order valence-corrected chi connectivity index (χ0v) is 17.1. The molecule has 2 aromatic rings. The molecule has 12 heteroatoms. The first-order valence-electron chi connectivity index (χ1n) is 8.92. The van der Waals surface area contributed by atoms with Crippen LogP contribution >= 0.6 is 23.1 Å². The molecular formula is C18H18F3N3O4S2. The molecule has 1 aliphatic heterocycles. The van der Waals surface area contributed by atoms with E-state index in [0.717, 1.165) is 0 Å². The molecule has 1 saturated heterocycles. The normalized spacial score (nSPS) is 16.7. The number of ether oxygens (including phenoxy) is 1. The predicted octanol–water partition coefficient (Wildman–Crippen LogP) is 3.94. The molecule has 0 unspecified atom stereocenters. The van der Waals surface area contributed by atoms with Gasteiger partial charge >= 0.3 is 12.3 Å². The van der Waals surface area contributed by atoms with E-state index >= 15 is 0 Å². The molecular weight excluding hydrogens is 443 g/mol. The first-order valence-corrected chi connectivity index (χ1v) is 10.8. The number of thiazole rings is 1. The summed E-state index contributed by atoms with van der Waals surface area (Å²) in [5, 5.41) is 13.5. The molecule has 2 N–H and O–H groups in total. The molecule has 1 atom stereocenters. The number of hydrogen-bond acceptors (Lipinski definition) is 7. The summed E-state index contributed by atoms with van der Waals surface area (Å²) in [4.78, 5) is 28.8. The van der Waals surface area contributed by atoms with Crippen molar-refractivity contribution in [3.63, 3.8) is 0 Å². The summed E-state index contributed by atoms with van der Waals surface area (Å²) >= 11 is 2.64. The van der Waals surface area contributed by atoms with E-state index in [2.05, 4.69) is 15.0 Å². The Bertz CT molecular complexity index is 890. The lowest BCUT2D eigenvalue weighted by molar-refractivity contribution is -0.274. The number of carboxylic acid groups (broad SMARTS) is 1. The maximum Gasteiger partial charge on any atom is 0.573 e. The minimum Gasteiger partial charge on any atom is -0.476 e. The van der Waals surface area contributed by atoms with Gasteiger partial charge in [-0.3, -0.25) is 4.79 Å². The third kappa shape index (κ3) is 6.26. The largest absolute Gasteiger partial charge is 0.573 e. The predicted molar refractivity (Wildman–Crippen MR) is 106 cm³/mol. The van der Waals surface area contributed by atoms with Gasteiger partial charge in [0.2, 0.25) is 5.91 Å². The van der Waals surface area contributed by atoms with Crippen LogP contribution < -0.4 is 10.1 Å². The minimum atomic E-state index is -4.73. The SMILES string of the molecule is O=C(O)c1csc(SCCN2C(=O)CC[C@@H]2CNc2ccc(OC(F)(F)F)cc2)n1. The van der Waals surface area contributed by atoms with Crippen LogP contribution in [0.1, 0.15) is 23.3 Å². The van der Waals surface area contributed by atoms with E-state index in [1.165, 1.54) is 52.7 Å². The van der Waals surface area contributed by atoms with E-state index in [4.69, 9.17) is 5.11 Å². The number of hydrogen-bond donors (Lipinski definition) is 2. The number of benzene rings is 1. The number of carbonyl (C=O) groups is 2. The monoisotopic (exact) mass is 461 g/mol. The van der Waals surface area contributed by atoms with Crippen LogP contribution in [0.15, 0.2) is 34.0 Å².